The minimum absolute atomic E-state index is 0.446. The van der Waals surface area contributed by atoms with E-state index < -0.39 is 0 Å². The summed E-state index contributed by atoms with van der Waals surface area (Å²) >= 11 is 0. The minimum atomic E-state index is 0.446. The van der Waals surface area contributed by atoms with E-state index in [-0.39, 0.29) is 0 Å². The number of pyridine rings is 1. The van der Waals surface area contributed by atoms with Crippen molar-refractivity contribution in [1.82, 2.24) is 14.8 Å². The lowest BCUT2D eigenvalue weighted by Gasteiger charge is -2.07. The fraction of sp³-hybridized carbons (Fsp3) is 0.308. The maximum atomic E-state index is 9.04. The fourth-order valence-corrected chi connectivity index (χ4v) is 1.91. The molecule has 3 N–H and O–H groups in total. The number of nitrogens with two attached hydrogens (primary N) is 1. The fourth-order valence-electron chi connectivity index (χ4n) is 1.91. The third-order valence-corrected chi connectivity index (χ3v) is 2.80. The van der Waals surface area contributed by atoms with Crippen LogP contribution in [-0.4, -0.2) is 14.8 Å². The van der Waals surface area contributed by atoms with Crippen molar-refractivity contribution in [3.63, 3.8) is 0 Å². The summed E-state index contributed by atoms with van der Waals surface area (Å²) in [5.74, 6) is 0.544. The van der Waals surface area contributed by atoms with Gasteiger partial charge >= 0.3 is 0 Å². The van der Waals surface area contributed by atoms with Crippen LogP contribution in [0.1, 0.15) is 23.7 Å². The number of aromatic nitrogens is 3. The average Bonchev–Trinajstić information content (AvgIpc) is 2.77. The van der Waals surface area contributed by atoms with Crippen molar-refractivity contribution < 1.29 is 0 Å². The molecule has 2 heterocycles. The highest BCUT2D eigenvalue weighted by Crippen LogP contribution is 2.16. The predicted octanol–water partition coefficient (Wildman–Crippen LogP) is 1.44. The van der Waals surface area contributed by atoms with Crippen LogP contribution in [-0.2, 0) is 20.0 Å². The Morgan fingerprint density at radius 2 is 2.32 bits per heavy atom. The first-order chi connectivity index (χ1) is 9.13. The number of rotatable bonds is 4. The van der Waals surface area contributed by atoms with Crippen molar-refractivity contribution >= 4 is 11.5 Å². The Hall–Kier alpha value is -2.55. The molecule has 0 fully saturated rings. The molecule has 0 bridgehead atoms. The molecule has 2 aromatic heterocycles. The normalized spacial score (nSPS) is 10.2. The summed E-state index contributed by atoms with van der Waals surface area (Å²) in [4.78, 5) is 4.14. The summed E-state index contributed by atoms with van der Waals surface area (Å²) in [6.45, 7) is 2.65. The Morgan fingerprint density at radius 1 is 1.53 bits per heavy atom. The Balaban J connectivity index is 2.17. The van der Waals surface area contributed by atoms with Gasteiger partial charge in [0.2, 0.25) is 0 Å². The number of hydrogen-bond acceptors (Lipinski definition) is 5. The van der Waals surface area contributed by atoms with Crippen LogP contribution in [0.5, 0.6) is 0 Å². The molecule has 0 saturated heterocycles. The topological polar surface area (TPSA) is 92.6 Å². The van der Waals surface area contributed by atoms with E-state index >= 15 is 0 Å². The van der Waals surface area contributed by atoms with Gasteiger partial charge in [-0.25, -0.2) is 4.98 Å². The van der Waals surface area contributed by atoms with Gasteiger partial charge in [0.1, 0.15) is 11.9 Å². The number of nitrogens with one attached hydrogen (secondary N) is 1. The molecule has 98 valence electrons. The molecule has 0 aliphatic carbocycles. The van der Waals surface area contributed by atoms with E-state index in [4.69, 9.17) is 11.0 Å². The third-order valence-electron chi connectivity index (χ3n) is 2.80. The van der Waals surface area contributed by atoms with E-state index in [2.05, 4.69) is 28.4 Å². The van der Waals surface area contributed by atoms with Crippen LogP contribution in [0.15, 0.2) is 18.5 Å². The van der Waals surface area contributed by atoms with E-state index in [1.807, 2.05) is 13.2 Å². The second-order valence-electron chi connectivity index (χ2n) is 4.26. The molecule has 0 aromatic carbocycles. The van der Waals surface area contributed by atoms with E-state index in [1.54, 1.807) is 10.7 Å². The van der Waals surface area contributed by atoms with E-state index in [0.717, 1.165) is 17.7 Å². The summed E-state index contributed by atoms with van der Waals surface area (Å²) in [5, 5.41) is 16.6. The molecule has 0 unspecified atom stereocenters. The Kier molecular flexibility index (Phi) is 3.66. The van der Waals surface area contributed by atoms with Crippen molar-refractivity contribution in [2.75, 3.05) is 11.1 Å². The highest BCUT2D eigenvalue weighted by molar-refractivity contribution is 5.57. The van der Waals surface area contributed by atoms with E-state index in [0.29, 0.717) is 23.6 Å². The van der Waals surface area contributed by atoms with E-state index in [9.17, 15) is 0 Å². The van der Waals surface area contributed by atoms with Crippen LogP contribution in [0.4, 0.5) is 11.5 Å². The monoisotopic (exact) mass is 256 g/mol. The molecule has 6 heteroatoms. The zero-order valence-corrected chi connectivity index (χ0v) is 11.0. The second-order valence-corrected chi connectivity index (χ2v) is 4.26. The van der Waals surface area contributed by atoms with Gasteiger partial charge in [-0.15, -0.1) is 0 Å². The van der Waals surface area contributed by atoms with Crippen molar-refractivity contribution in [3.8, 4) is 6.07 Å². The third kappa shape index (κ3) is 2.83. The van der Waals surface area contributed by atoms with Crippen molar-refractivity contribution in [1.29, 1.82) is 5.26 Å². The van der Waals surface area contributed by atoms with Gasteiger partial charge in [-0.1, -0.05) is 6.92 Å². The maximum Gasteiger partial charge on any atom is 0.144 e. The van der Waals surface area contributed by atoms with Gasteiger partial charge in [0.25, 0.3) is 0 Å². The maximum absolute atomic E-state index is 9.04. The number of aryl methyl sites for hydroxylation is 2. The lowest BCUT2D eigenvalue weighted by Crippen LogP contribution is -2.05. The molecule has 6 nitrogen and oxygen atoms in total. The average molecular weight is 256 g/mol. The largest absolute Gasteiger partial charge is 0.397 e. The molecule has 2 aromatic rings. The highest BCUT2D eigenvalue weighted by Gasteiger charge is 2.08. The molecular formula is C13H16N6. The zero-order valence-electron chi connectivity index (χ0n) is 11.0. The summed E-state index contributed by atoms with van der Waals surface area (Å²) in [6, 6.07) is 3.69. The van der Waals surface area contributed by atoms with Crippen LogP contribution in [0.3, 0.4) is 0 Å². The highest BCUT2D eigenvalue weighted by atomic mass is 15.3. The van der Waals surface area contributed by atoms with Crippen LogP contribution in [0.25, 0.3) is 0 Å². The van der Waals surface area contributed by atoms with Crippen LogP contribution in [0.2, 0.25) is 0 Å². The number of hydrogen-bond donors (Lipinski definition) is 2. The molecule has 0 aliphatic rings. The zero-order chi connectivity index (χ0) is 13.8. The van der Waals surface area contributed by atoms with Crippen molar-refractivity contribution in [2.24, 2.45) is 7.05 Å². The van der Waals surface area contributed by atoms with Crippen LogP contribution < -0.4 is 11.1 Å². The van der Waals surface area contributed by atoms with Gasteiger partial charge in [0.15, 0.2) is 0 Å². The molecule has 2 rings (SSSR count). The second kappa shape index (κ2) is 5.40. The lowest BCUT2D eigenvalue weighted by atomic mass is 10.2. The predicted molar refractivity (Wildman–Crippen MR) is 73.3 cm³/mol. The number of anilines is 2. The first kappa shape index (κ1) is 12.9. The van der Waals surface area contributed by atoms with E-state index in [1.165, 1.54) is 6.20 Å². The van der Waals surface area contributed by atoms with Gasteiger partial charge in [0, 0.05) is 25.4 Å². The summed E-state index contributed by atoms with van der Waals surface area (Å²) in [7, 11) is 1.89. The number of nitrogens with zero attached hydrogens (tertiary/aromatic N) is 4. The number of nitriles is 1. The Bertz CT molecular complexity index is 623. The lowest BCUT2D eigenvalue weighted by molar-refractivity contribution is 0.746. The van der Waals surface area contributed by atoms with Gasteiger partial charge in [-0.05, 0) is 12.5 Å². The molecule has 19 heavy (non-hydrogen) atoms. The Morgan fingerprint density at radius 3 is 3.00 bits per heavy atom. The van der Waals surface area contributed by atoms with Gasteiger partial charge in [-0.3, -0.25) is 4.68 Å². The molecule has 0 saturated carbocycles. The minimum Gasteiger partial charge on any atom is -0.397 e. The molecule has 0 spiro atoms. The SMILES string of the molecule is CCc1nn(C)cc1CNc1ncc(N)cc1C#N. The quantitative estimate of drug-likeness (QED) is 0.863. The van der Waals surface area contributed by atoms with Crippen LogP contribution >= 0.6 is 0 Å². The van der Waals surface area contributed by atoms with Crippen molar-refractivity contribution in [2.45, 2.75) is 19.9 Å². The van der Waals surface area contributed by atoms with Crippen LogP contribution in [0, 0.1) is 11.3 Å². The van der Waals surface area contributed by atoms with Gasteiger partial charge in [0.05, 0.1) is 23.1 Å². The standard InChI is InChI=1S/C13H16N6/c1-3-12-10(8-19(2)18-12)6-16-13-9(5-14)4-11(15)7-17-13/h4,7-8H,3,6,15H2,1-2H3,(H,16,17). The first-order valence-electron chi connectivity index (χ1n) is 6.05. The molecule has 0 aliphatic heterocycles. The summed E-state index contributed by atoms with van der Waals surface area (Å²) in [6.07, 6.45) is 4.38. The molecule has 0 amide bonds. The molecule has 0 atom stereocenters. The molecular weight excluding hydrogens is 240 g/mol. The smallest absolute Gasteiger partial charge is 0.144 e. The van der Waals surface area contributed by atoms with Gasteiger partial charge in [-0.2, -0.15) is 10.4 Å². The summed E-state index contributed by atoms with van der Waals surface area (Å²) < 4.78 is 1.79. The van der Waals surface area contributed by atoms with Gasteiger partial charge < -0.3 is 11.1 Å². The summed E-state index contributed by atoms with van der Waals surface area (Å²) in [5.41, 5.74) is 8.68. The van der Waals surface area contributed by atoms with Crippen molar-refractivity contribution in [3.05, 3.63) is 35.3 Å². The Labute approximate surface area is 111 Å². The molecule has 0 radical (unpaired) electrons. The first-order valence-corrected chi connectivity index (χ1v) is 6.05. The number of nitrogen functional groups attached to an aromatic ring is 1.